The van der Waals surface area contributed by atoms with E-state index in [-0.39, 0.29) is 11.3 Å². The number of hydrogen-bond donors (Lipinski definition) is 1. The standard InChI is InChI=1S/C28H36N2O5/c1-6-34-22-12-10-20(11-13-22)26(31)24-25(30(16-15-29(4)5)28(33)27(24)32)21-8-7-9-23(18-21)35-17-14-19(2)3/h7-13,18-19,25,31H,6,14-17H2,1-5H3/b26-24+. The van der Waals surface area contributed by atoms with Crippen LogP contribution >= 0.6 is 0 Å². The molecule has 0 spiro atoms. The quantitative estimate of drug-likeness (QED) is 0.290. The summed E-state index contributed by atoms with van der Waals surface area (Å²) in [7, 11) is 3.82. The predicted molar refractivity (Wildman–Crippen MR) is 137 cm³/mol. The van der Waals surface area contributed by atoms with Crippen molar-refractivity contribution in [2.45, 2.75) is 33.2 Å². The van der Waals surface area contributed by atoms with Crippen LogP contribution in [0.15, 0.2) is 54.1 Å². The van der Waals surface area contributed by atoms with Crippen LogP contribution in [0.1, 0.15) is 44.4 Å². The van der Waals surface area contributed by atoms with E-state index in [9.17, 15) is 14.7 Å². The molecule has 2 aromatic carbocycles. The molecule has 0 aromatic heterocycles. The van der Waals surface area contributed by atoms with Crippen molar-refractivity contribution in [2.75, 3.05) is 40.4 Å². The maximum absolute atomic E-state index is 13.2. The van der Waals surface area contributed by atoms with E-state index < -0.39 is 17.7 Å². The van der Waals surface area contributed by atoms with Gasteiger partial charge in [0, 0.05) is 18.7 Å². The van der Waals surface area contributed by atoms with Crippen LogP contribution in [0.25, 0.3) is 5.76 Å². The monoisotopic (exact) mass is 480 g/mol. The van der Waals surface area contributed by atoms with Crippen molar-refractivity contribution in [3.8, 4) is 11.5 Å². The van der Waals surface area contributed by atoms with E-state index >= 15 is 0 Å². The molecule has 1 aliphatic heterocycles. The van der Waals surface area contributed by atoms with Crippen LogP contribution in [0, 0.1) is 5.92 Å². The van der Waals surface area contributed by atoms with Crippen molar-refractivity contribution in [2.24, 2.45) is 5.92 Å². The third kappa shape index (κ3) is 6.42. The molecule has 1 fully saturated rings. The molecule has 7 nitrogen and oxygen atoms in total. The van der Waals surface area contributed by atoms with Gasteiger partial charge in [-0.2, -0.15) is 0 Å². The topological polar surface area (TPSA) is 79.3 Å². The minimum Gasteiger partial charge on any atom is -0.507 e. The number of aliphatic hydroxyl groups excluding tert-OH is 1. The lowest BCUT2D eigenvalue weighted by Gasteiger charge is -2.27. The van der Waals surface area contributed by atoms with Crippen LogP contribution in [0.4, 0.5) is 0 Å². The molecule has 0 saturated carbocycles. The Bertz CT molecular complexity index is 1060. The Morgan fingerprint density at radius 3 is 2.40 bits per heavy atom. The number of likely N-dealkylation sites (tertiary alicyclic amines) is 1. The van der Waals surface area contributed by atoms with E-state index in [0.29, 0.717) is 49.3 Å². The number of aliphatic hydroxyl groups is 1. The van der Waals surface area contributed by atoms with Crippen molar-refractivity contribution >= 4 is 17.4 Å². The first kappa shape index (κ1) is 26.3. The highest BCUT2D eigenvalue weighted by molar-refractivity contribution is 6.46. The second-order valence-electron chi connectivity index (χ2n) is 9.36. The summed E-state index contributed by atoms with van der Waals surface area (Å²) in [5.41, 5.74) is 1.25. The normalized spacial score (nSPS) is 17.5. The zero-order chi connectivity index (χ0) is 25.5. The number of hydrogen-bond acceptors (Lipinski definition) is 6. The highest BCUT2D eigenvalue weighted by Crippen LogP contribution is 2.40. The fraction of sp³-hybridized carbons (Fsp3) is 0.429. The molecule has 0 bridgehead atoms. The van der Waals surface area contributed by atoms with Crippen molar-refractivity contribution in [1.29, 1.82) is 0 Å². The van der Waals surface area contributed by atoms with E-state index in [2.05, 4.69) is 13.8 Å². The van der Waals surface area contributed by atoms with Crippen molar-refractivity contribution in [1.82, 2.24) is 9.80 Å². The molecule has 7 heteroatoms. The van der Waals surface area contributed by atoms with Crippen molar-refractivity contribution in [3.05, 3.63) is 65.2 Å². The third-order valence-electron chi connectivity index (χ3n) is 5.90. The molecule has 1 aliphatic rings. The predicted octanol–water partition coefficient (Wildman–Crippen LogP) is 4.49. The first-order valence-corrected chi connectivity index (χ1v) is 12.1. The Hall–Kier alpha value is -3.32. The molecular weight excluding hydrogens is 444 g/mol. The van der Waals surface area contributed by atoms with Gasteiger partial charge in [0.25, 0.3) is 11.7 Å². The summed E-state index contributed by atoms with van der Waals surface area (Å²) in [6, 6.07) is 13.6. The smallest absolute Gasteiger partial charge is 0.295 e. The zero-order valence-electron chi connectivity index (χ0n) is 21.3. The summed E-state index contributed by atoms with van der Waals surface area (Å²) in [4.78, 5) is 29.8. The number of Topliss-reactive ketones (excluding diaryl/α,β-unsaturated/α-hetero) is 1. The van der Waals surface area contributed by atoms with Gasteiger partial charge in [0.15, 0.2) is 0 Å². The SMILES string of the molecule is CCOc1ccc(/C(O)=C2\C(=O)C(=O)N(CCN(C)C)C2c2cccc(OCCC(C)C)c2)cc1. The second kappa shape index (κ2) is 11.9. The molecule has 1 saturated heterocycles. The van der Waals surface area contributed by atoms with Gasteiger partial charge in [-0.3, -0.25) is 9.59 Å². The first-order chi connectivity index (χ1) is 16.7. The van der Waals surface area contributed by atoms with Gasteiger partial charge in [-0.1, -0.05) is 26.0 Å². The van der Waals surface area contributed by atoms with Crippen LogP contribution in [-0.2, 0) is 9.59 Å². The Labute approximate surface area is 207 Å². The largest absolute Gasteiger partial charge is 0.507 e. The Morgan fingerprint density at radius 1 is 1.06 bits per heavy atom. The zero-order valence-corrected chi connectivity index (χ0v) is 21.3. The third-order valence-corrected chi connectivity index (χ3v) is 5.90. The molecule has 0 aliphatic carbocycles. The van der Waals surface area contributed by atoms with E-state index in [1.54, 1.807) is 24.3 Å². The molecule has 35 heavy (non-hydrogen) atoms. The van der Waals surface area contributed by atoms with E-state index in [0.717, 1.165) is 12.0 Å². The molecule has 188 valence electrons. The Balaban J connectivity index is 2.03. The summed E-state index contributed by atoms with van der Waals surface area (Å²) >= 11 is 0. The van der Waals surface area contributed by atoms with Crippen molar-refractivity contribution < 1.29 is 24.2 Å². The van der Waals surface area contributed by atoms with Crippen LogP contribution < -0.4 is 9.47 Å². The van der Waals surface area contributed by atoms with E-state index in [1.807, 2.05) is 50.2 Å². The van der Waals surface area contributed by atoms with Crippen molar-refractivity contribution in [3.63, 3.8) is 0 Å². The Kier molecular flexibility index (Phi) is 8.93. The van der Waals surface area contributed by atoms with Crippen LogP contribution in [-0.4, -0.2) is 67.0 Å². The van der Waals surface area contributed by atoms with E-state index in [4.69, 9.17) is 9.47 Å². The number of benzene rings is 2. The van der Waals surface area contributed by atoms with Gasteiger partial charge in [-0.25, -0.2) is 0 Å². The van der Waals surface area contributed by atoms with Gasteiger partial charge in [-0.15, -0.1) is 0 Å². The van der Waals surface area contributed by atoms with Crippen LogP contribution in [0.2, 0.25) is 0 Å². The lowest BCUT2D eigenvalue weighted by atomic mass is 9.95. The number of nitrogens with zero attached hydrogens (tertiary/aromatic N) is 2. The number of ketones is 1. The molecule has 1 heterocycles. The molecule has 2 aromatic rings. The second-order valence-corrected chi connectivity index (χ2v) is 9.36. The number of carbonyl (C=O) groups excluding carboxylic acids is 2. The average Bonchev–Trinajstić information content (AvgIpc) is 3.08. The van der Waals surface area contributed by atoms with E-state index in [1.165, 1.54) is 4.90 Å². The fourth-order valence-corrected chi connectivity index (χ4v) is 3.98. The van der Waals surface area contributed by atoms with Crippen LogP contribution in [0.3, 0.4) is 0 Å². The number of rotatable bonds is 11. The van der Waals surface area contributed by atoms with Gasteiger partial charge in [-0.05, 0) is 75.3 Å². The maximum atomic E-state index is 13.2. The summed E-state index contributed by atoms with van der Waals surface area (Å²) < 4.78 is 11.4. The summed E-state index contributed by atoms with van der Waals surface area (Å²) in [5.74, 6) is 0.350. The average molecular weight is 481 g/mol. The lowest BCUT2D eigenvalue weighted by Crippen LogP contribution is -2.35. The van der Waals surface area contributed by atoms with Gasteiger partial charge in [0.2, 0.25) is 0 Å². The minimum atomic E-state index is -0.713. The minimum absolute atomic E-state index is 0.0808. The number of likely N-dealkylation sites (N-methyl/N-ethyl adjacent to an activating group) is 1. The first-order valence-electron chi connectivity index (χ1n) is 12.1. The number of amides is 1. The Morgan fingerprint density at radius 2 is 1.77 bits per heavy atom. The molecule has 1 N–H and O–H groups in total. The van der Waals surface area contributed by atoms with Gasteiger partial charge in [0.05, 0.1) is 24.8 Å². The summed E-state index contributed by atoms with van der Waals surface area (Å²) in [6.07, 6.45) is 0.920. The molecule has 3 rings (SSSR count). The maximum Gasteiger partial charge on any atom is 0.295 e. The lowest BCUT2D eigenvalue weighted by molar-refractivity contribution is -0.140. The van der Waals surface area contributed by atoms with Gasteiger partial charge < -0.3 is 24.4 Å². The number of carbonyl (C=O) groups is 2. The molecular formula is C28H36N2O5. The number of ether oxygens (including phenoxy) is 2. The molecule has 1 atom stereocenters. The highest BCUT2D eigenvalue weighted by atomic mass is 16.5. The van der Waals surface area contributed by atoms with Gasteiger partial charge in [0.1, 0.15) is 17.3 Å². The fourth-order valence-electron chi connectivity index (χ4n) is 3.98. The summed E-state index contributed by atoms with van der Waals surface area (Å²) in [6.45, 7) is 8.20. The summed E-state index contributed by atoms with van der Waals surface area (Å²) in [5, 5.41) is 11.2. The molecule has 0 radical (unpaired) electrons. The molecule has 1 unspecified atom stereocenters. The highest BCUT2D eigenvalue weighted by Gasteiger charge is 2.46. The molecule has 1 amide bonds. The van der Waals surface area contributed by atoms with Crippen LogP contribution in [0.5, 0.6) is 11.5 Å². The van der Waals surface area contributed by atoms with Gasteiger partial charge >= 0.3 is 0 Å².